The number of nitrogen functional groups attached to an aromatic ring is 1. The van der Waals surface area contributed by atoms with E-state index in [1.807, 2.05) is 13.8 Å². The molecule has 1 aromatic rings. The molecule has 84 valence electrons. The molecule has 0 radical (unpaired) electrons. The molecule has 0 aromatic heterocycles. The van der Waals surface area contributed by atoms with Crippen molar-refractivity contribution in [2.75, 3.05) is 12.3 Å². The van der Waals surface area contributed by atoms with Crippen molar-refractivity contribution in [3.63, 3.8) is 0 Å². The fraction of sp³-hybridized carbons (Fsp3) is 0.455. The Hall–Kier alpha value is -1.16. The summed E-state index contributed by atoms with van der Waals surface area (Å²) in [7, 11) is 0. The highest BCUT2D eigenvalue weighted by molar-refractivity contribution is 5.46. The van der Waals surface area contributed by atoms with Crippen LogP contribution in [0.25, 0.3) is 0 Å². The molecule has 0 fully saturated rings. The zero-order valence-electron chi connectivity index (χ0n) is 8.80. The number of hydrogen-bond donors (Lipinski definition) is 2. The lowest BCUT2D eigenvalue weighted by atomic mass is 9.97. The van der Waals surface area contributed by atoms with Gasteiger partial charge in [0.25, 0.3) is 5.92 Å². The molecule has 0 saturated carbocycles. The van der Waals surface area contributed by atoms with E-state index in [-0.39, 0.29) is 11.5 Å². The van der Waals surface area contributed by atoms with Gasteiger partial charge in [0.05, 0.1) is 0 Å². The summed E-state index contributed by atoms with van der Waals surface area (Å²) in [6.07, 6.45) is 0. The van der Waals surface area contributed by atoms with Crippen LogP contribution in [0.5, 0.6) is 0 Å². The third-order valence-corrected chi connectivity index (χ3v) is 2.27. The molecule has 15 heavy (non-hydrogen) atoms. The van der Waals surface area contributed by atoms with Gasteiger partial charge in [-0.1, -0.05) is 13.8 Å². The average Bonchev–Trinajstić information content (AvgIpc) is 2.16. The second-order valence-electron chi connectivity index (χ2n) is 3.91. The summed E-state index contributed by atoms with van der Waals surface area (Å²) in [5, 5.41) is 8.58. The number of aliphatic hydroxyl groups excluding tert-OH is 1. The number of rotatable bonds is 3. The van der Waals surface area contributed by atoms with Crippen LogP contribution in [0.3, 0.4) is 0 Å². The molecule has 0 spiro atoms. The maximum Gasteiger partial charge on any atom is 0.295 e. The number of aliphatic hydroxyl groups is 1. The second-order valence-corrected chi connectivity index (χ2v) is 3.91. The van der Waals surface area contributed by atoms with Crippen LogP contribution in [-0.2, 0) is 5.92 Å². The zero-order chi connectivity index (χ0) is 11.6. The van der Waals surface area contributed by atoms with Crippen LogP contribution in [-0.4, -0.2) is 11.7 Å². The SMILES string of the molecule is CC(C)c1cc(N)cc(C(F)(F)CO)c1. The minimum Gasteiger partial charge on any atom is -0.399 e. The number of alkyl halides is 2. The molecule has 2 nitrogen and oxygen atoms in total. The molecule has 0 aliphatic carbocycles. The van der Waals surface area contributed by atoms with E-state index in [4.69, 9.17) is 10.8 Å². The van der Waals surface area contributed by atoms with Crippen molar-refractivity contribution in [1.29, 1.82) is 0 Å². The van der Waals surface area contributed by atoms with Crippen molar-refractivity contribution >= 4 is 5.69 Å². The normalized spacial score (nSPS) is 12.1. The molecule has 0 amide bonds. The van der Waals surface area contributed by atoms with Crippen LogP contribution in [0.1, 0.15) is 30.9 Å². The highest BCUT2D eigenvalue weighted by atomic mass is 19.3. The lowest BCUT2D eigenvalue weighted by Gasteiger charge is -2.16. The number of benzene rings is 1. The average molecular weight is 215 g/mol. The monoisotopic (exact) mass is 215 g/mol. The van der Waals surface area contributed by atoms with Gasteiger partial charge >= 0.3 is 0 Å². The van der Waals surface area contributed by atoms with Crippen LogP contribution in [0, 0.1) is 0 Å². The van der Waals surface area contributed by atoms with Gasteiger partial charge in [-0.3, -0.25) is 0 Å². The summed E-state index contributed by atoms with van der Waals surface area (Å²) in [4.78, 5) is 0. The summed E-state index contributed by atoms with van der Waals surface area (Å²) < 4.78 is 26.4. The van der Waals surface area contributed by atoms with Gasteiger partial charge in [0.2, 0.25) is 0 Å². The maximum absolute atomic E-state index is 13.2. The Morgan fingerprint density at radius 1 is 1.33 bits per heavy atom. The van der Waals surface area contributed by atoms with Gasteiger partial charge < -0.3 is 10.8 Å². The highest BCUT2D eigenvalue weighted by Crippen LogP contribution is 2.31. The molecular weight excluding hydrogens is 200 g/mol. The molecular formula is C11H15F2NO. The maximum atomic E-state index is 13.2. The number of hydrogen-bond acceptors (Lipinski definition) is 2. The van der Waals surface area contributed by atoms with Gasteiger partial charge in [-0.2, -0.15) is 8.78 Å². The van der Waals surface area contributed by atoms with Gasteiger partial charge in [0.15, 0.2) is 0 Å². The lowest BCUT2D eigenvalue weighted by Crippen LogP contribution is -2.19. The Morgan fingerprint density at radius 3 is 2.40 bits per heavy atom. The summed E-state index contributed by atoms with van der Waals surface area (Å²) >= 11 is 0. The van der Waals surface area contributed by atoms with Gasteiger partial charge in [0, 0.05) is 11.3 Å². The Kier molecular flexibility index (Phi) is 3.29. The van der Waals surface area contributed by atoms with Crippen LogP contribution >= 0.6 is 0 Å². The number of halogens is 2. The molecule has 0 aliphatic heterocycles. The molecule has 4 heteroatoms. The molecule has 0 unspecified atom stereocenters. The Morgan fingerprint density at radius 2 is 1.93 bits per heavy atom. The van der Waals surface area contributed by atoms with Crippen LogP contribution in [0.4, 0.5) is 14.5 Å². The smallest absolute Gasteiger partial charge is 0.295 e. The van der Waals surface area contributed by atoms with E-state index in [1.165, 1.54) is 12.1 Å². The summed E-state index contributed by atoms with van der Waals surface area (Å²) in [6.45, 7) is 2.60. The van der Waals surface area contributed by atoms with Crippen LogP contribution in [0.15, 0.2) is 18.2 Å². The van der Waals surface area contributed by atoms with Crippen molar-refractivity contribution in [2.24, 2.45) is 0 Å². The fourth-order valence-electron chi connectivity index (χ4n) is 1.31. The van der Waals surface area contributed by atoms with Crippen molar-refractivity contribution in [3.8, 4) is 0 Å². The molecule has 0 bridgehead atoms. The van der Waals surface area contributed by atoms with Gasteiger partial charge in [-0.05, 0) is 29.7 Å². The van der Waals surface area contributed by atoms with Crippen LogP contribution in [0.2, 0.25) is 0 Å². The van der Waals surface area contributed by atoms with E-state index in [9.17, 15) is 8.78 Å². The first kappa shape index (κ1) is 11.9. The quantitative estimate of drug-likeness (QED) is 0.761. The van der Waals surface area contributed by atoms with Gasteiger partial charge in [-0.15, -0.1) is 0 Å². The Balaban J connectivity index is 3.20. The lowest BCUT2D eigenvalue weighted by molar-refractivity contribution is -0.0556. The third-order valence-electron chi connectivity index (χ3n) is 2.27. The number of nitrogens with two attached hydrogens (primary N) is 1. The first-order valence-corrected chi connectivity index (χ1v) is 4.76. The predicted molar refractivity (Wildman–Crippen MR) is 55.9 cm³/mol. The second kappa shape index (κ2) is 4.14. The van der Waals surface area contributed by atoms with Crippen molar-refractivity contribution in [3.05, 3.63) is 29.3 Å². The van der Waals surface area contributed by atoms with Gasteiger partial charge in [0.1, 0.15) is 6.61 Å². The third kappa shape index (κ3) is 2.65. The number of anilines is 1. The van der Waals surface area contributed by atoms with Crippen molar-refractivity contribution in [1.82, 2.24) is 0 Å². The van der Waals surface area contributed by atoms with Crippen LogP contribution < -0.4 is 5.73 Å². The summed E-state index contributed by atoms with van der Waals surface area (Å²) in [6, 6.07) is 4.25. The topological polar surface area (TPSA) is 46.2 Å². The summed E-state index contributed by atoms with van der Waals surface area (Å²) in [5.41, 5.74) is 6.35. The molecule has 0 heterocycles. The fourth-order valence-corrected chi connectivity index (χ4v) is 1.31. The molecule has 0 atom stereocenters. The molecule has 1 aromatic carbocycles. The van der Waals surface area contributed by atoms with E-state index in [2.05, 4.69) is 0 Å². The summed E-state index contributed by atoms with van der Waals surface area (Å²) in [5.74, 6) is -3.10. The molecule has 1 rings (SSSR count). The van der Waals surface area contributed by atoms with E-state index >= 15 is 0 Å². The van der Waals surface area contributed by atoms with E-state index in [0.29, 0.717) is 5.69 Å². The minimum atomic E-state index is -3.22. The standard InChI is InChI=1S/C11H15F2NO/c1-7(2)8-3-9(5-10(14)4-8)11(12,13)6-15/h3-5,7,15H,6,14H2,1-2H3. The minimum absolute atomic E-state index is 0.127. The van der Waals surface area contributed by atoms with E-state index in [1.54, 1.807) is 6.07 Å². The van der Waals surface area contributed by atoms with Gasteiger partial charge in [-0.25, -0.2) is 0 Å². The van der Waals surface area contributed by atoms with E-state index < -0.39 is 12.5 Å². The largest absolute Gasteiger partial charge is 0.399 e. The van der Waals surface area contributed by atoms with Crippen molar-refractivity contribution < 1.29 is 13.9 Å². The first-order valence-electron chi connectivity index (χ1n) is 4.76. The Labute approximate surface area is 87.7 Å². The highest BCUT2D eigenvalue weighted by Gasteiger charge is 2.31. The molecule has 0 aliphatic rings. The molecule has 0 saturated heterocycles. The first-order chi connectivity index (χ1) is 6.86. The predicted octanol–water partition coefficient (Wildman–Crippen LogP) is 2.48. The molecule has 3 N–H and O–H groups in total. The zero-order valence-corrected chi connectivity index (χ0v) is 8.80. The van der Waals surface area contributed by atoms with Crippen molar-refractivity contribution in [2.45, 2.75) is 25.7 Å². The Bertz CT molecular complexity index is 350. The van der Waals surface area contributed by atoms with E-state index in [0.717, 1.165) is 5.56 Å².